The average molecular weight is 428 g/mol. The second-order valence-corrected chi connectivity index (χ2v) is 7.35. The lowest BCUT2D eigenvalue weighted by atomic mass is 10.2. The lowest BCUT2D eigenvalue weighted by Crippen LogP contribution is -2.50. The van der Waals surface area contributed by atoms with Crippen LogP contribution in [0.2, 0.25) is 0 Å². The lowest BCUT2D eigenvalue weighted by Gasteiger charge is -2.35. The Morgan fingerprint density at radius 1 is 0.871 bits per heavy atom. The summed E-state index contributed by atoms with van der Waals surface area (Å²) in [6.07, 6.45) is 0. The molecule has 10 heteroatoms. The predicted octanol–water partition coefficient (Wildman–Crippen LogP) is 1.68. The second-order valence-electron chi connectivity index (χ2n) is 7.35. The number of morpholine rings is 1. The van der Waals surface area contributed by atoms with E-state index < -0.39 is 0 Å². The SMILES string of the molecule is COc1cc(NC(=O)N2CCN(c3ccc(N4CCOCC4)nn3)CC2)cc(OC)c1. The van der Waals surface area contributed by atoms with Crippen LogP contribution in [0.1, 0.15) is 0 Å². The van der Waals surface area contributed by atoms with Crippen molar-refractivity contribution in [1.82, 2.24) is 15.1 Å². The molecule has 0 bridgehead atoms. The van der Waals surface area contributed by atoms with Gasteiger partial charge < -0.3 is 34.2 Å². The Kier molecular flexibility index (Phi) is 6.56. The first kappa shape index (κ1) is 21.0. The fraction of sp³-hybridized carbons (Fsp3) is 0.476. The molecule has 0 aliphatic carbocycles. The molecule has 1 aromatic carbocycles. The topological polar surface area (TPSA) is 92.3 Å². The first-order valence-electron chi connectivity index (χ1n) is 10.4. The molecule has 1 N–H and O–H groups in total. The van der Waals surface area contributed by atoms with Crippen molar-refractivity contribution in [2.45, 2.75) is 0 Å². The molecule has 4 rings (SSSR count). The van der Waals surface area contributed by atoms with E-state index in [9.17, 15) is 4.79 Å². The monoisotopic (exact) mass is 428 g/mol. The maximum atomic E-state index is 12.7. The van der Waals surface area contributed by atoms with Gasteiger partial charge in [0.1, 0.15) is 11.5 Å². The van der Waals surface area contributed by atoms with Crippen molar-refractivity contribution in [2.75, 3.05) is 81.8 Å². The van der Waals surface area contributed by atoms with Crippen LogP contribution in [-0.2, 0) is 4.74 Å². The van der Waals surface area contributed by atoms with Gasteiger partial charge in [0, 0.05) is 63.2 Å². The number of urea groups is 1. The third-order valence-electron chi connectivity index (χ3n) is 5.47. The smallest absolute Gasteiger partial charge is 0.321 e. The lowest BCUT2D eigenvalue weighted by molar-refractivity contribution is 0.122. The third kappa shape index (κ3) is 5.08. The van der Waals surface area contributed by atoms with Crippen molar-refractivity contribution >= 4 is 23.4 Å². The van der Waals surface area contributed by atoms with Crippen molar-refractivity contribution in [2.24, 2.45) is 0 Å². The van der Waals surface area contributed by atoms with Gasteiger partial charge in [-0.15, -0.1) is 10.2 Å². The summed E-state index contributed by atoms with van der Waals surface area (Å²) in [5.74, 6) is 2.95. The fourth-order valence-corrected chi connectivity index (χ4v) is 3.67. The number of nitrogens with zero attached hydrogens (tertiary/aromatic N) is 5. The highest BCUT2D eigenvalue weighted by Gasteiger charge is 2.23. The number of anilines is 3. The third-order valence-corrected chi connectivity index (χ3v) is 5.47. The molecule has 0 saturated carbocycles. The van der Waals surface area contributed by atoms with Gasteiger partial charge in [0.15, 0.2) is 11.6 Å². The number of benzene rings is 1. The van der Waals surface area contributed by atoms with Crippen molar-refractivity contribution in [3.63, 3.8) is 0 Å². The van der Waals surface area contributed by atoms with Crippen LogP contribution in [0, 0.1) is 0 Å². The van der Waals surface area contributed by atoms with E-state index in [0.29, 0.717) is 43.4 Å². The van der Waals surface area contributed by atoms with Crippen LogP contribution in [-0.4, -0.2) is 87.8 Å². The summed E-state index contributed by atoms with van der Waals surface area (Å²) in [6, 6.07) is 9.15. The molecule has 2 aliphatic heterocycles. The minimum Gasteiger partial charge on any atom is -0.497 e. The number of carbonyl (C=O) groups excluding carboxylic acids is 1. The van der Waals surface area contributed by atoms with E-state index in [1.807, 2.05) is 12.1 Å². The highest BCUT2D eigenvalue weighted by atomic mass is 16.5. The number of aromatic nitrogens is 2. The van der Waals surface area contributed by atoms with Crippen molar-refractivity contribution in [3.05, 3.63) is 30.3 Å². The number of hydrogen-bond donors (Lipinski definition) is 1. The maximum absolute atomic E-state index is 12.7. The summed E-state index contributed by atoms with van der Waals surface area (Å²) >= 11 is 0. The van der Waals surface area contributed by atoms with Gasteiger partial charge in [0.05, 0.1) is 27.4 Å². The number of carbonyl (C=O) groups is 1. The molecule has 2 aromatic rings. The van der Waals surface area contributed by atoms with Gasteiger partial charge in [0.2, 0.25) is 0 Å². The molecule has 2 fully saturated rings. The minimum absolute atomic E-state index is 0.149. The first-order chi connectivity index (χ1) is 15.2. The largest absolute Gasteiger partial charge is 0.497 e. The van der Waals surface area contributed by atoms with E-state index in [-0.39, 0.29) is 6.03 Å². The zero-order valence-electron chi connectivity index (χ0n) is 17.9. The number of nitrogens with one attached hydrogen (secondary N) is 1. The molecular weight excluding hydrogens is 400 g/mol. The van der Waals surface area contributed by atoms with E-state index in [1.165, 1.54) is 0 Å². The van der Waals surface area contributed by atoms with Gasteiger partial charge in [-0.05, 0) is 12.1 Å². The van der Waals surface area contributed by atoms with Crippen LogP contribution in [0.15, 0.2) is 30.3 Å². The Bertz CT molecular complexity index is 858. The molecule has 3 heterocycles. The molecule has 2 amide bonds. The fourth-order valence-electron chi connectivity index (χ4n) is 3.67. The molecule has 2 aliphatic rings. The molecule has 0 unspecified atom stereocenters. The van der Waals surface area contributed by atoms with Crippen LogP contribution < -0.4 is 24.6 Å². The zero-order chi connectivity index (χ0) is 21.6. The number of amides is 2. The summed E-state index contributed by atoms with van der Waals surface area (Å²) in [4.78, 5) is 18.8. The summed E-state index contributed by atoms with van der Waals surface area (Å²) in [6.45, 7) is 5.69. The summed E-state index contributed by atoms with van der Waals surface area (Å²) < 4.78 is 15.9. The van der Waals surface area contributed by atoms with Crippen LogP contribution in [0.4, 0.5) is 22.1 Å². The Morgan fingerprint density at radius 2 is 1.42 bits per heavy atom. The minimum atomic E-state index is -0.149. The molecular formula is C21H28N6O4. The van der Waals surface area contributed by atoms with Gasteiger partial charge in [-0.25, -0.2) is 4.79 Å². The molecule has 2 saturated heterocycles. The maximum Gasteiger partial charge on any atom is 0.321 e. The molecule has 0 atom stereocenters. The van der Waals surface area contributed by atoms with Gasteiger partial charge in [-0.3, -0.25) is 0 Å². The molecule has 10 nitrogen and oxygen atoms in total. The van der Waals surface area contributed by atoms with Gasteiger partial charge in [-0.1, -0.05) is 0 Å². The normalized spacial score (nSPS) is 16.8. The standard InChI is InChI=1S/C21H28N6O4/c1-29-17-13-16(14-18(15-17)30-2)22-21(28)27-7-5-25(6-8-27)19-3-4-20(24-23-19)26-9-11-31-12-10-26/h3-4,13-15H,5-12H2,1-2H3,(H,22,28). The van der Waals surface area contributed by atoms with E-state index in [4.69, 9.17) is 14.2 Å². The number of ether oxygens (including phenoxy) is 3. The van der Waals surface area contributed by atoms with Crippen molar-refractivity contribution < 1.29 is 19.0 Å². The second kappa shape index (κ2) is 9.69. The van der Waals surface area contributed by atoms with E-state index in [1.54, 1.807) is 37.3 Å². The highest BCUT2D eigenvalue weighted by molar-refractivity contribution is 5.90. The number of rotatable bonds is 5. The Hall–Kier alpha value is -3.27. The first-order valence-corrected chi connectivity index (χ1v) is 10.4. The van der Waals surface area contributed by atoms with E-state index in [0.717, 1.165) is 37.9 Å². The van der Waals surface area contributed by atoms with Crippen LogP contribution >= 0.6 is 0 Å². The highest BCUT2D eigenvalue weighted by Crippen LogP contribution is 2.26. The molecule has 0 radical (unpaired) electrons. The molecule has 31 heavy (non-hydrogen) atoms. The van der Waals surface area contributed by atoms with Crippen LogP contribution in [0.5, 0.6) is 11.5 Å². The van der Waals surface area contributed by atoms with E-state index >= 15 is 0 Å². The summed E-state index contributed by atoms with van der Waals surface area (Å²) in [7, 11) is 3.16. The average Bonchev–Trinajstić information content (AvgIpc) is 2.84. The van der Waals surface area contributed by atoms with Crippen molar-refractivity contribution in [1.29, 1.82) is 0 Å². The van der Waals surface area contributed by atoms with Gasteiger partial charge in [0.25, 0.3) is 0 Å². The quantitative estimate of drug-likeness (QED) is 0.769. The van der Waals surface area contributed by atoms with E-state index in [2.05, 4.69) is 25.3 Å². The Labute approximate surface area is 181 Å². The van der Waals surface area contributed by atoms with Crippen LogP contribution in [0.25, 0.3) is 0 Å². The van der Waals surface area contributed by atoms with Crippen molar-refractivity contribution in [3.8, 4) is 11.5 Å². The molecule has 166 valence electrons. The van der Waals surface area contributed by atoms with Gasteiger partial charge in [-0.2, -0.15) is 0 Å². The summed E-state index contributed by atoms with van der Waals surface area (Å²) in [5.41, 5.74) is 0.633. The molecule has 1 aromatic heterocycles. The van der Waals surface area contributed by atoms with Crippen LogP contribution in [0.3, 0.4) is 0 Å². The Morgan fingerprint density at radius 3 is 1.94 bits per heavy atom. The predicted molar refractivity (Wildman–Crippen MR) is 117 cm³/mol. The number of hydrogen-bond acceptors (Lipinski definition) is 8. The Balaban J connectivity index is 1.31. The summed E-state index contributed by atoms with van der Waals surface area (Å²) in [5, 5.41) is 11.7. The zero-order valence-corrected chi connectivity index (χ0v) is 17.9. The van der Waals surface area contributed by atoms with Gasteiger partial charge >= 0.3 is 6.03 Å². The molecule has 0 spiro atoms. The number of piperazine rings is 1. The number of methoxy groups -OCH3 is 2.